The number of anilines is 1. The number of carboxylic acids is 1. The van der Waals surface area contributed by atoms with Gasteiger partial charge in [0.25, 0.3) is 11.8 Å². The van der Waals surface area contributed by atoms with Crippen LogP contribution >= 0.6 is 27.5 Å². The maximum Gasteiger partial charge on any atom is 0.306 e. The lowest BCUT2D eigenvalue weighted by Gasteiger charge is -2.30. The second-order valence-corrected chi connectivity index (χ2v) is 7.74. The first-order chi connectivity index (χ1) is 13.3. The maximum absolute atomic E-state index is 12.7. The normalized spacial score (nSPS) is 14.8. The van der Waals surface area contributed by atoms with Gasteiger partial charge < -0.3 is 19.9 Å². The highest BCUT2D eigenvalue weighted by atomic mass is 79.9. The summed E-state index contributed by atoms with van der Waals surface area (Å²) in [6.45, 7) is 0.747. The second kappa shape index (κ2) is 8.32. The summed E-state index contributed by atoms with van der Waals surface area (Å²) in [5.41, 5.74) is 0.753. The zero-order chi connectivity index (χ0) is 20.4. The smallest absolute Gasteiger partial charge is 0.306 e. The van der Waals surface area contributed by atoms with Gasteiger partial charge in [-0.3, -0.25) is 14.4 Å². The number of aromatic nitrogens is 2. The molecule has 2 amide bonds. The molecule has 1 saturated heterocycles. The molecular formula is C18H18BrClN4O4. The number of halogens is 2. The van der Waals surface area contributed by atoms with Crippen molar-refractivity contribution in [3.8, 4) is 0 Å². The van der Waals surface area contributed by atoms with E-state index in [9.17, 15) is 14.4 Å². The lowest BCUT2D eigenvalue weighted by atomic mass is 9.96. The van der Waals surface area contributed by atoms with Crippen LogP contribution in [0.4, 0.5) is 5.69 Å². The van der Waals surface area contributed by atoms with Gasteiger partial charge >= 0.3 is 5.97 Å². The summed E-state index contributed by atoms with van der Waals surface area (Å²) < 4.78 is 2.26. The van der Waals surface area contributed by atoms with Crippen LogP contribution in [0, 0.1) is 5.92 Å². The number of carbonyl (C=O) groups excluding carboxylic acids is 2. The Morgan fingerprint density at radius 1 is 1.29 bits per heavy atom. The zero-order valence-electron chi connectivity index (χ0n) is 15.0. The minimum Gasteiger partial charge on any atom is -0.481 e. The van der Waals surface area contributed by atoms with Crippen molar-refractivity contribution in [2.75, 3.05) is 18.4 Å². The van der Waals surface area contributed by atoms with Gasteiger partial charge in [-0.15, -0.1) is 0 Å². The van der Waals surface area contributed by atoms with Crippen molar-refractivity contribution in [3.05, 3.63) is 45.4 Å². The van der Waals surface area contributed by atoms with E-state index in [1.54, 1.807) is 28.6 Å². The molecule has 0 saturated carbocycles. The predicted molar refractivity (Wildman–Crippen MR) is 107 cm³/mol. The Kier molecular flexibility index (Phi) is 6.04. The van der Waals surface area contributed by atoms with Crippen LogP contribution in [-0.2, 0) is 11.8 Å². The molecule has 0 spiro atoms. The Bertz CT molecular complexity index is 938. The standard InChI is InChI=1S/C18H18BrClN4O4/c1-23-14(19)9-21-15(23)16(25)22-11-2-3-12(13(20)8-11)17(26)24-6-4-10(5-7-24)18(27)28/h2-3,8-10H,4-7H2,1H3,(H,22,25)(H,27,28). The average Bonchev–Trinajstić information content (AvgIpc) is 3.00. The van der Waals surface area contributed by atoms with E-state index < -0.39 is 17.8 Å². The molecule has 2 N–H and O–H groups in total. The second-order valence-electron chi connectivity index (χ2n) is 6.52. The highest BCUT2D eigenvalue weighted by Gasteiger charge is 2.28. The van der Waals surface area contributed by atoms with Crippen LogP contribution in [0.1, 0.15) is 33.8 Å². The van der Waals surface area contributed by atoms with Crippen LogP contribution in [0.3, 0.4) is 0 Å². The number of imidazole rings is 1. The predicted octanol–water partition coefficient (Wildman–Crippen LogP) is 3.03. The van der Waals surface area contributed by atoms with E-state index in [0.29, 0.717) is 41.8 Å². The molecule has 8 nitrogen and oxygen atoms in total. The lowest BCUT2D eigenvalue weighted by molar-refractivity contribution is -0.143. The summed E-state index contributed by atoms with van der Waals surface area (Å²) in [6, 6.07) is 4.66. The molecule has 1 aromatic heterocycles. The summed E-state index contributed by atoms with van der Waals surface area (Å²) >= 11 is 9.55. The van der Waals surface area contributed by atoms with Gasteiger partial charge in [-0.25, -0.2) is 4.98 Å². The molecule has 0 unspecified atom stereocenters. The lowest BCUT2D eigenvalue weighted by Crippen LogP contribution is -2.40. The number of hydrogen-bond donors (Lipinski definition) is 2. The third-order valence-corrected chi connectivity index (χ3v) is 5.77. The number of amides is 2. The Labute approximate surface area is 174 Å². The van der Waals surface area contributed by atoms with Crippen molar-refractivity contribution in [2.45, 2.75) is 12.8 Å². The Morgan fingerprint density at radius 3 is 2.50 bits per heavy atom. The van der Waals surface area contributed by atoms with Gasteiger partial charge in [-0.1, -0.05) is 11.6 Å². The molecule has 1 aliphatic rings. The molecule has 0 atom stereocenters. The Morgan fingerprint density at radius 2 is 1.96 bits per heavy atom. The number of nitrogens with one attached hydrogen (secondary N) is 1. The highest BCUT2D eigenvalue weighted by molar-refractivity contribution is 9.10. The molecule has 1 fully saturated rings. The van der Waals surface area contributed by atoms with E-state index in [-0.39, 0.29) is 16.8 Å². The van der Waals surface area contributed by atoms with Crippen molar-refractivity contribution < 1.29 is 19.5 Å². The Hall–Kier alpha value is -2.39. The van der Waals surface area contributed by atoms with E-state index >= 15 is 0 Å². The summed E-state index contributed by atoms with van der Waals surface area (Å²) in [7, 11) is 1.70. The van der Waals surface area contributed by atoms with E-state index in [2.05, 4.69) is 26.2 Å². The number of rotatable bonds is 4. The summed E-state index contributed by atoms with van der Waals surface area (Å²) in [6.07, 6.45) is 2.37. The number of carbonyl (C=O) groups is 3. The number of nitrogens with zero attached hydrogens (tertiary/aromatic N) is 3. The number of carboxylic acid groups (broad SMARTS) is 1. The van der Waals surface area contributed by atoms with Gasteiger partial charge in [0.15, 0.2) is 5.82 Å². The van der Waals surface area contributed by atoms with Crippen LogP contribution in [0.25, 0.3) is 0 Å². The number of hydrogen-bond acceptors (Lipinski definition) is 4. The molecule has 1 aliphatic heterocycles. The highest BCUT2D eigenvalue weighted by Crippen LogP contribution is 2.25. The third kappa shape index (κ3) is 4.20. The monoisotopic (exact) mass is 468 g/mol. The molecule has 0 bridgehead atoms. The minimum absolute atomic E-state index is 0.212. The Balaban J connectivity index is 1.68. The van der Waals surface area contributed by atoms with Gasteiger partial charge in [0.2, 0.25) is 0 Å². The molecule has 2 aromatic rings. The number of aliphatic carboxylic acids is 1. The summed E-state index contributed by atoms with van der Waals surface area (Å²) in [5.74, 6) is -1.67. The van der Waals surface area contributed by atoms with Gasteiger partial charge in [0.1, 0.15) is 4.60 Å². The van der Waals surface area contributed by atoms with Crippen LogP contribution in [0.2, 0.25) is 5.02 Å². The van der Waals surface area contributed by atoms with Gasteiger partial charge in [0, 0.05) is 25.8 Å². The fourth-order valence-electron chi connectivity index (χ4n) is 3.05. The zero-order valence-corrected chi connectivity index (χ0v) is 17.3. The fraction of sp³-hybridized carbons (Fsp3) is 0.333. The molecule has 1 aromatic carbocycles. The maximum atomic E-state index is 12.7. The summed E-state index contributed by atoms with van der Waals surface area (Å²) in [5, 5.41) is 12.0. The fourth-order valence-corrected chi connectivity index (χ4v) is 3.58. The average molecular weight is 470 g/mol. The van der Waals surface area contributed by atoms with Crippen molar-refractivity contribution >= 4 is 51.0 Å². The molecular weight excluding hydrogens is 452 g/mol. The molecule has 2 heterocycles. The molecule has 0 aliphatic carbocycles. The van der Waals surface area contributed by atoms with E-state index in [1.165, 1.54) is 12.3 Å². The molecule has 148 valence electrons. The van der Waals surface area contributed by atoms with E-state index in [4.69, 9.17) is 16.7 Å². The van der Waals surface area contributed by atoms with Crippen LogP contribution in [0.15, 0.2) is 29.0 Å². The summed E-state index contributed by atoms with van der Waals surface area (Å²) in [4.78, 5) is 41.7. The molecule has 3 rings (SSSR count). The van der Waals surface area contributed by atoms with Crippen molar-refractivity contribution in [1.29, 1.82) is 0 Å². The first kappa shape index (κ1) is 20.3. The SMILES string of the molecule is Cn1c(Br)cnc1C(=O)Nc1ccc(C(=O)N2CCC(C(=O)O)CC2)c(Cl)c1. The van der Waals surface area contributed by atoms with Gasteiger partial charge in [-0.05, 0) is 47.0 Å². The van der Waals surface area contributed by atoms with Crippen LogP contribution < -0.4 is 5.32 Å². The number of likely N-dealkylation sites (tertiary alicyclic amines) is 1. The first-order valence-corrected chi connectivity index (χ1v) is 9.75. The van der Waals surface area contributed by atoms with Crippen molar-refractivity contribution in [1.82, 2.24) is 14.5 Å². The largest absolute Gasteiger partial charge is 0.481 e. The number of piperidine rings is 1. The first-order valence-electron chi connectivity index (χ1n) is 8.58. The molecule has 28 heavy (non-hydrogen) atoms. The van der Waals surface area contributed by atoms with E-state index in [0.717, 1.165) is 0 Å². The quantitative estimate of drug-likeness (QED) is 0.716. The van der Waals surface area contributed by atoms with Crippen molar-refractivity contribution in [3.63, 3.8) is 0 Å². The number of benzene rings is 1. The van der Waals surface area contributed by atoms with Crippen LogP contribution in [0.5, 0.6) is 0 Å². The minimum atomic E-state index is -0.829. The third-order valence-electron chi connectivity index (χ3n) is 4.72. The topological polar surface area (TPSA) is 105 Å². The van der Waals surface area contributed by atoms with Gasteiger partial charge in [-0.2, -0.15) is 0 Å². The van der Waals surface area contributed by atoms with E-state index in [1.807, 2.05) is 0 Å². The van der Waals surface area contributed by atoms with Crippen LogP contribution in [-0.4, -0.2) is 50.4 Å². The molecule has 0 radical (unpaired) electrons. The van der Waals surface area contributed by atoms with Crippen molar-refractivity contribution in [2.24, 2.45) is 13.0 Å². The molecule has 10 heteroatoms. The van der Waals surface area contributed by atoms with Gasteiger partial charge in [0.05, 0.1) is 22.7 Å².